The van der Waals surface area contributed by atoms with Crippen LogP contribution in [-0.2, 0) is 11.3 Å². The lowest BCUT2D eigenvalue weighted by atomic mass is 9.84. The normalized spacial score (nSPS) is 21.3. The van der Waals surface area contributed by atoms with Gasteiger partial charge < -0.3 is 9.80 Å². The molecule has 2 aromatic rings. The van der Waals surface area contributed by atoms with Gasteiger partial charge in [-0.25, -0.2) is 9.97 Å². The van der Waals surface area contributed by atoms with Gasteiger partial charge in [0.2, 0.25) is 11.9 Å². The lowest BCUT2D eigenvalue weighted by Crippen LogP contribution is -2.38. The molecule has 138 valence electrons. The fraction of sp³-hybridized carbons (Fsp3) is 0.579. The number of hydrogen-bond acceptors (Lipinski definition) is 5. The summed E-state index contributed by atoms with van der Waals surface area (Å²) in [6.07, 6.45) is 11.3. The molecule has 4 heterocycles. The van der Waals surface area contributed by atoms with Gasteiger partial charge in [0.1, 0.15) is 0 Å². The van der Waals surface area contributed by atoms with Crippen LogP contribution in [0.15, 0.2) is 36.9 Å². The molecule has 4 rings (SSSR count). The van der Waals surface area contributed by atoms with Crippen molar-refractivity contribution in [2.24, 2.45) is 11.8 Å². The predicted molar refractivity (Wildman–Crippen MR) is 98.5 cm³/mol. The van der Waals surface area contributed by atoms with Crippen molar-refractivity contribution < 1.29 is 4.79 Å². The molecule has 2 aromatic heterocycles. The molecule has 1 atom stereocenters. The SMILES string of the molecule is O=C(CCn1cccn1)N1CC[C@H](C2CCN(c3ncccn3)CC2)C1. The second kappa shape index (κ2) is 7.85. The molecular weight excluding hydrogens is 328 g/mol. The van der Waals surface area contributed by atoms with Crippen LogP contribution in [0.3, 0.4) is 0 Å². The third-order valence-electron chi connectivity index (χ3n) is 5.73. The second-order valence-corrected chi connectivity index (χ2v) is 7.28. The van der Waals surface area contributed by atoms with Crippen LogP contribution in [-0.4, -0.2) is 56.7 Å². The van der Waals surface area contributed by atoms with Gasteiger partial charge >= 0.3 is 0 Å². The number of carbonyl (C=O) groups is 1. The van der Waals surface area contributed by atoms with E-state index in [1.54, 1.807) is 18.6 Å². The van der Waals surface area contributed by atoms with Crippen molar-refractivity contribution in [1.29, 1.82) is 0 Å². The summed E-state index contributed by atoms with van der Waals surface area (Å²) < 4.78 is 1.83. The number of nitrogens with zero attached hydrogens (tertiary/aromatic N) is 6. The van der Waals surface area contributed by atoms with Crippen molar-refractivity contribution in [3.8, 4) is 0 Å². The topological polar surface area (TPSA) is 67.2 Å². The van der Waals surface area contributed by atoms with Gasteiger partial charge in [-0.1, -0.05) is 0 Å². The average molecular weight is 354 g/mol. The van der Waals surface area contributed by atoms with Crippen LogP contribution in [0.25, 0.3) is 0 Å². The summed E-state index contributed by atoms with van der Waals surface area (Å²) in [6, 6.07) is 3.75. The minimum Gasteiger partial charge on any atom is -0.342 e. The van der Waals surface area contributed by atoms with Crippen LogP contribution in [0.2, 0.25) is 0 Å². The van der Waals surface area contributed by atoms with Gasteiger partial charge in [0, 0.05) is 63.9 Å². The van der Waals surface area contributed by atoms with Crippen molar-refractivity contribution in [3.05, 3.63) is 36.9 Å². The molecule has 0 aliphatic carbocycles. The highest BCUT2D eigenvalue weighted by atomic mass is 16.2. The van der Waals surface area contributed by atoms with E-state index in [9.17, 15) is 4.79 Å². The van der Waals surface area contributed by atoms with Gasteiger partial charge in [0.25, 0.3) is 0 Å². The quantitative estimate of drug-likeness (QED) is 0.819. The molecule has 0 spiro atoms. The van der Waals surface area contributed by atoms with E-state index in [1.165, 1.54) is 0 Å². The van der Waals surface area contributed by atoms with E-state index >= 15 is 0 Å². The van der Waals surface area contributed by atoms with Crippen molar-refractivity contribution in [3.63, 3.8) is 0 Å². The summed E-state index contributed by atoms with van der Waals surface area (Å²) in [5.74, 6) is 2.45. The van der Waals surface area contributed by atoms with Crippen LogP contribution in [0.1, 0.15) is 25.7 Å². The van der Waals surface area contributed by atoms with E-state index in [2.05, 4.69) is 24.9 Å². The maximum absolute atomic E-state index is 12.5. The first-order valence-corrected chi connectivity index (χ1v) is 9.57. The first-order chi connectivity index (χ1) is 12.8. The van der Waals surface area contributed by atoms with Crippen LogP contribution in [0, 0.1) is 11.8 Å². The summed E-state index contributed by atoms with van der Waals surface area (Å²) in [4.78, 5) is 25.5. The van der Waals surface area contributed by atoms with Crippen molar-refractivity contribution in [2.75, 3.05) is 31.1 Å². The van der Waals surface area contributed by atoms with E-state index in [-0.39, 0.29) is 5.91 Å². The number of likely N-dealkylation sites (tertiary alicyclic amines) is 1. The molecule has 0 N–H and O–H groups in total. The Kier molecular flexibility index (Phi) is 5.13. The minimum absolute atomic E-state index is 0.262. The maximum Gasteiger partial charge on any atom is 0.225 e. The molecule has 0 unspecified atom stereocenters. The molecule has 0 aromatic carbocycles. The largest absolute Gasteiger partial charge is 0.342 e. The fourth-order valence-corrected chi connectivity index (χ4v) is 4.23. The zero-order valence-electron chi connectivity index (χ0n) is 15.1. The Morgan fingerprint density at radius 2 is 1.77 bits per heavy atom. The maximum atomic E-state index is 12.5. The number of aromatic nitrogens is 4. The Balaban J connectivity index is 1.23. The predicted octanol–water partition coefficient (Wildman–Crippen LogP) is 1.83. The Hall–Kier alpha value is -2.44. The monoisotopic (exact) mass is 354 g/mol. The zero-order chi connectivity index (χ0) is 17.8. The third-order valence-corrected chi connectivity index (χ3v) is 5.73. The van der Waals surface area contributed by atoms with E-state index in [4.69, 9.17) is 0 Å². The van der Waals surface area contributed by atoms with E-state index in [0.717, 1.165) is 51.4 Å². The van der Waals surface area contributed by atoms with Gasteiger partial charge in [-0.15, -0.1) is 0 Å². The molecule has 1 amide bonds. The Labute approximate surface area is 154 Å². The standard InChI is InChI=1S/C19H26N6O/c26-18(6-14-25-10-2-9-22-25)24-13-5-17(15-24)16-3-11-23(12-4-16)19-20-7-1-8-21-19/h1-2,7-10,16-17H,3-6,11-15H2/t17-/m0/s1. The highest BCUT2D eigenvalue weighted by Gasteiger charge is 2.33. The molecule has 2 saturated heterocycles. The lowest BCUT2D eigenvalue weighted by Gasteiger charge is -2.34. The molecule has 2 aliphatic rings. The lowest BCUT2D eigenvalue weighted by molar-refractivity contribution is -0.130. The van der Waals surface area contributed by atoms with Gasteiger partial charge in [-0.2, -0.15) is 5.10 Å². The van der Waals surface area contributed by atoms with Crippen LogP contribution >= 0.6 is 0 Å². The van der Waals surface area contributed by atoms with E-state index < -0.39 is 0 Å². The molecule has 0 radical (unpaired) electrons. The van der Waals surface area contributed by atoms with Crippen LogP contribution in [0.4, 0.5) is 5.95 Å². The molecular formula is C19H26N6O. The Bertz CT molecular complexity index is 696. The summed E-state index contributed by atoms with van der Waals surface area (Å²) in [5.41, 5.74) is 0. The van der Waals surface area contributed by atoms with E-state index in [1.807, 2.05) is 23.0 Å². The number of aryl methyl sites for hydroxylation is 1. The smallest absolute Gasteiger partial charge is 0.225 e. The summed E-state index contributed by atoms with van der Waals surface area (Å²) >= 11 is 0. The van der Waals surface area contributed by atoms with Crippen LogP contribution in [0.5, 0.6) is 0 Å². The number of anilines is 1. The molecule has 26 heavy (non-hydrogen) atoms. The molecule has 2 fully saturated rings. The summed E-state index contributed by atoms with van der Waals surface area (Å²) in [7, 11) is 0. The number of carbonyl (C=O) groups excluding carboxylic acids is 1. The molecule has 7 heteroatoms. The molecule has 2 aliphatic heterocycles. The zero-order valence-corrected chi connectivity index (χ0v) is 15.1. The van der Waals surface area contributed by atoms with Crippen LogP contribution < -0.4 is 4.90 Å². The van der Waals surface area contributed by atoms with Crippen molar-refractivity contribution in [1.82, 2.24) is 24.6 Å². The summed E-state index contributed by atoms with van der Waals surface area (Å²) in [5, 5.41) is 4.17. The molecule has 7 nitrogen and oxygen atoms in total. The van der Waals surface area contributed by atoms with E-state index in [0.29, 0.717) is 24.8 Å². The first kappa shape index (κ1) is 17.0. The average Bonchev–Trinajstić information content (AvgIpc) is 3.39. The molecule has 0 saturated carbocycles. The van der Waals surface area contributed by atoms with Gasteiger partial charge in [-0.3, -0.25) is 9.48 Å². The number of hydrogen-bond donors (Lipinski definition) is 0. The minimum atomic E-state index is 0.262. The van der Waals surface area contributed by atoms with Gasteiger partial charge in [-0.05, 0) is 43.2 Å². The van der Waals surface area contributed by atoms with Gasteiger partial charge in [0.05, 0.1) is 0 Å². The van der Waals surface area contributed by atoms with Crippen molar-refractivity contribution in [2.45, 2.75) is 32.2 Å². The Morgan fingerprint density at radius 3 is 2.50 bits per heavy atom. The second-order valence-electron chi connectivity index (χ2n) is 7.28. The number of rotatable bonds is 5. The fourth-order valence-electron chi connectivity index (χ4n) is 4.23. The first-order valence-electron chi connectivity index (χ1n) is 9.57. The highest BCUT2D eigenvalue weighted by Crippen LogP contribution is 2.32. The van der Waals surface area contributed by atoms with Gasteiger partial charge in [0.15, 0.2) is 0 Å². The molecule has 0 bridgehead atoms. The Morgan fingerprint density at radius 1 is 1.00 bits per heavy atom. The number of piperidine rings is 1. The highest BCUT2D eigenvalue weighted by molar-refractivity contribution is 5.76. The van der Waals surface area contributed by atoms with Crippen molar-refractivity contribution >= 4 is 11.9 Å². The third kappa shape index (κ3) is 3.86. The summed E-state index contributed by atoms with van der Waals surface area (Å²) in [6.45, 7) is 4.52. The number of amides is 1.